The molecule has 3 N–H and O–H groups in total. The first-order valence-electron chi connectivity index (χ1n) is 16.5. The number of nitrogens with one attached hydrogen (secondary N) is 1. The molecule has 1 aromatic heterocycles. The normalized spacial score (nSPS) is 18.6. The smallest absolute Gasteiger partial charge is 0.585 e. The summed E-state index contributed by atoms with van der Waals surface area (Å²) in [6.45, 7) is 10.6. The van der Waals surface area contributed by atoms with Crippen LogP contribution in [0.5, 0.6) is 11.5 Å². The van der Waals surface area contributed by atoms with Gasteiger partial charge in [0.1, 0.15) is 37.2 Å². The number of rotatable bonds is 15. The van der Waals surface area contributed by atoms with Gasteiger partial charge >= 0.3 is 34.0 Å². The highest BCUT2D eigenvalue weighted by Crippen LogP contribution is 2.70. The van der Waals surface area contributed by atoms with Gasteiger partial charge < -0.3 is 19.3 Å². The van der Waals surface area contributed by atoms with E-state index in [0.717, 1.165) is 0 Å². The van der Waals surface area contributed by atoms with Crippen molar-refractivity contribution in [1.82, 2.24) is 9.55 Å². The first kappa shape index (κ1) is 42.3. The van der Waals surface area contributed by atoms with Crippen LogP contribution in [0.15, 0.2) is 64.3 Å². The van der Waals surface area contributed by atoms with E-state index >= 15 is 0 Å². The molecule has 53 heavy (non-hydrogen) atoms. The van der Waals surface area contributed by atoms with Crippen LogP contribution in [-0.4, -0.2) is 34.2 Å². The topological polar surface area (TPSA) is 238 Å². The summed E-state index contributed by atoms with van der Waals surface area (Å²) in [5, 5.41) is 0. The fourth-order valence-corrected chi connectivity index (χ4v) is 7.20. The SMILES string of the molecule is Cc1cn([C@H]2CC[C@@H](CO[P+]([O-])(ON)O[P+]([O-])(OCc3ccc(OC(=O)C(C)(C)C)cc3)OCc3ccc(OC(=[O+])C(C)(C)C)cc3)O2)c(=O)[nH]c1=O. The number of benzene rings is 2. The van der Waals surface area contributed by atoms with Gasteiger partial charge in [-0.1, -0.05) is 28.9 Å². The highest BCUT2D eigenvalue weighted by molar-refractivity contribution is 7.67. The van der Waals surface area contributed by atoms with E-state index in [1.54, 1.807) is 72.7 Å². The summed E-state index contributed by atoms with van der Waals surface area (Å²) >= 11 is 0. The lowest BCUT2D eigenvalue weighted by Crippen LogP contribution is -2.33. The van der Waals surface area contributed by atoms with Gasteiger partial charge in [0, 0.05) is 33.0 Å². The molecule has 1 saturated heterocycles. The first-order chi connectivity index (χ1) is 24.7. The molecule has 3 aromatic rings. The number of aromatic amines is 1. The van der Waals surface area contributed by atoms with Crippen LogP contribution in [0, 0.1) is 17.8 Å². The fourth-order valence-electron chi connectivity index (χ4n) is 4.40. The summed E-state index contributed by atoms with van der Waals surface area (Å²) in [4.78, 5) is 78.4. The van der Waals surface area contributed by atoms with Gasteiger partial charge in [-0.2, -0.15) is 19.5 Å². The molecule has 289 valence electrons. The van der Waals surface area contributed by atoms with Crippen LogP contribution in [0.25, 0.3) is 0 Å². The van der Waals surface area contributed by atoms with Gasteiger partial charge in [0.15, 0.2) is 0 Å². The Morgan fingerprint density at radius 1 is 0.887 bits per heavy atom. The molecule has 2 heterocycles. The van der Waals surface area contributed by atoms with Crippen molar-refractivity contribution in [3.63, 3.8) is 0 Å². The van der Waals surface area contributed by atoms with Gasteiger partial charge in [0.2, 0.25) is 5.75 Å². The average molecular weight is 782 g/mol. The number of hydrogen-bond donors (Lipinski definition) is 2. The minimum Gasteiger partial charge on any atom is -0.602 e. The van der Waals surface area contributed by atoms with Crippen molar-refractivity contribution < 1.29 is 56.1 Å². The van der Waals surface area contributed by atoms with Crippen LogP contribution in [0.1, 0.15) is 77.3 Å². The molecule has 0 bridgehead atoms. The van der Waals surface area contributed by atoms with Crippen LogP contribution >= 0.6 is 16.3 Å². The van der Waals surface area contributed by atoms with Crippen molar-refractivity contribution in [3.05, 3.63) is 92.3 Å². The molecule has 17 nitrogen and oxygen atoms in total. The molecular weight excluding hydrogens is 736 g/mol. The van der Waals surface area contributed by atoms with E-state index in [1.807, 2.05) is 0 Å². The minimum atomic E-state index is -4.86. The first-order valence-corrected chi connectivity index (χ1v) is 19.4. The number of nitrogens with two attached hydrogens (primary N) is 1. The maximum atomic E-state index is 14.0. The van der Waals surface area contributed by atoms with E-state index < -0.39 is 82.5 Å². The monoisotopic (exact) mass is 781 g/mol. The second kappa shape index (κ2) is 17.4. The number of phosphoric acid groups is 2. The molecule has 2 aromatic carbocycles. The molecular formula is C34H45N3O14P2+. The quantitative estimate of drug-likeness (QED) is 0.0732. The van der Waals surface area contributed by atoms with Crippen LogP contribution in [0.4, 0.5) is 0 Å². The lowest BCUT2D eigenvalue weighted by molar-refractivity contribution is -0.273. The van der Waals surface area contributed by atoms with Crippen LogP contribution in [0.2, 0.25) is 0 Å². The number of ether oxygens (including phenoxy) is 3. The lowest BCUT2D eigenvalue weighted by Gasteiger charge is -2.29. The summed E-state index contributed by atoms with van der Waals surface area (Å²) in [5.41, 5.74) is -1.45. The number of H-pyrrole nitrogens is 1. The molecule has 1 unspecified atom stereocenters. The minimum absolute atomic E-state index is 0.271. The Bertz CT molecular complexity index is 1760. The average Bonchev–Trinajstić information content (AvgIpc) is 3.56. The zero-order valence-electron chi connectivity index (χ0n) is 30.5. The Hall–Kier alpha value is -3.44. The Labute approximate surface area is 307 Å². The summed E-state index contributed by atoms with van der Waals surface area (Å²) in [7, 11) is -9.68. The summed E-state index contributed by atoms with van der Waals surface area (Å²) in [6.07, 6.45) is 0.572. The van der Waals surface area contributed by atoms with Crippen molar-refractivity contribution in [3.8, 4) is 11.5 Å². The molecule has 1 aliphatic heterocycles. The summed E-state index contributed by atoms with van der Waals surface area (Å²) in [6, 6.07) is 12.2. The third-order valence-corrected chi connectivity index (χ3v) is 10.8. The van der Waals surface area contributed by atoms with Gasteiger partial charge in [0.05, 0.1) is 11.5 Å². The number of aromatic nitrogens is 2. The summed E-state index contributed by atoms with van der Waals surface area (Å²) < 4.78 is 44.1. The predicted molar refractivity (Wildman–Crippen MR) is 188 cm³/mol. The Kier molecular flexibility index (Phi) is 13.9. The third kappa shape index (κ3) is 12.3. The van der Waals surface area contributed by atoms with E-state index in [0.29, 0.717) is 29.5 Å². The largest absolute Gasteiger partial charge is 0.602 e. The molecule has 19 heteroatoms. The van der Waals surface area contributed by atoms with E-state index in [9.17, 15) is 29.0 Å². The Morgan fingerprint density at radius 3 is 1.94 bits per heavy atom. The van der Waals surface area contributed by atoms with E-state index in [1.165, 1.54) is 35.0 Å². The second-order valence-electron chi connectivity index (χ2n) is 14.3. The molecule has 4 rings (SSSR count). The van der Waals surface area contributed by atoms with Crippen molar-refractivity contribution >= 4 is 28.3 Å². The van der Waals surface area contributed by atoms with Gasteiger partial charge in [-0.05, 0) is 84.6 Å². The van der Waals surface area contributed by atoms with Gasteiger partial charge in [0.25, 0.3) is 5.56 Å². The Morgan fingerprint density at radius 2 is 1.43 bits per heavy atom. The number of carbonyl (C=O) groups is 2. The third-order valence-electron chi connectivity index (χ3n) is 7.56. The molecule has 3 atom stereocenters. The number of phosphoric ester groups is 1. The van der Waals surface area contributed by atoms with Crippen molar-refractivity contribution in [2.75, 3.05) is 6.61 Å². The predicted octanol–water partition coefficient (Wildman–Crippen LogP) is 3.86. The number of esters is 2. The van der Waals surface area contributed by atoms with Crippen LogP contribution in [-0.2, 0) is 50.0 Å². The van der Waals surface area contributed by atoms with Crippen molar-refractivity contribution in [2.45, 2.75) is 86.9 Å². The van der Waals surface area contributed by atoms with Crippen LogP contribution < -0.4 is 36.4 Å². The highest BCUT2D eigenvalue weighted by Gasteiger charge is 2.52. The van der Waals surface area contributed by atoms with Gasteiger partial charge in [-0.25, -0.2) is 4.79 Å². The van der Waals surface area contributed by atoms with Crippen molar-refractivity contribution in [1.29, 1.82) is 0 Å². The van der Waals surface area contributed by atoms with E-state index in [2.05, 4.69) is 9.61 Å². The van der Waals surface area contributed by atoms with Crippen molar-refractivity contribution in [2.24, 2.45) is 16.7 Å². The van der Waals surface area contributed by atoms with Gasteiger partial charge in [-0.3, -0.25) is 23.9 Å². The second-order valence-corrected chi connectivity index (χ2v) is 17.7. The lowest BCUT2D eigenvalue weighted by atomic mass is 9.97. The Balaban J connectivity index is 1.45. The standard InChI is InChI=1S/C34H45N3O14P2/c1-22-18-37(32(41)36-29(22)38)28-17-16-27(47-28)21-46-53(43,50-35)51-52(42,44-19-23-8-12-25(13-9-23)48-30(39)33(2,3)4)45-20-24-10-14-26(15-11-24)49-31(40)34(5,6)7/h8-15,18,27-28H,16-17,19-21,35H2,1-7H3,(H,36,38,41)/q+1/t27-,28+,53?/m0/s1. The summed E-state index contributed by atoms with van der Waals surface area (Å²) in [5.74, 6) is 4.97. The molecule has 1 fully saturated rings. The molecule has 0 saturated carbocycles. The number of aryl methyl sites for hydroxylation is 1. The molecule has 1 radical (unpaired) electrons. The molecule has 0 amide bonds. The zero-order chi connectivity index (χ0) is 39.2. The molecule has 0 aliphatic carbocycles. The van der Waals surface area contributed by atoms with Gasteiger partial charge in [-0.15, -0.1) is 0 Å². The maximum absolute atomic E-state index is 14.0. The van der Waals surface area contributed by atoms with Crippen LogP contribution in [0.3, 0.4) is 0 Å². The maximum Gasteiger partial charge on any atom is 0.585 e. The number of hydrogen-bond acceptors (Lipinski definition) is 15. The zero-order valence-corrected chi connectivity index (χ0v) is 32.3. The van der Waals surface area contributed by atoms with E-state index in [-0.39, 0.29) is 11.5 Å². The number of carbonyl (C=O) groups excluding carboxylic acids is 2. The number of nitrogens with zero attached hydrogens (tertiary/aromatic N) is 1. The van der Waals surface area contributed by atoms with E-state index in [4.69, 9.17) is 38.0 Å². The molecule has 1 aliphatic rings. The molecule has 0 spiro atoms. The highest BCUT2D eigenvalue weighted by atomic mass is 31.3. The fraction of sp³-hybridized carbons (Fsp3) is 0.471.